The summed E-state index contributed by atoms with van der Waals surface area (Å²) in [6.07, 6.45) is 6.54. The highest BCUT2D eigenvalue weighted by atomic mass is 32.2. The Morgan fingerprint density at radius 2 is 1.62 bits per heavy atom. The molecule has 0 aromatic heterocycles. The second-order valence-corrected chi connectivity index (χ2v) is 11.1. The predicted molar refractivity (Wildman–Crippen MR) is 132 cm³/mol. The summed E-state index contributed by atoms with van der Waals surface area (Å²) in [6.45, 7) is 1.76. The van der Waals surface area contributed by atoms with Gasteiger partial charge in [-0.3, -0.25) is 4.79 Å². The third-order valence-corrected chi connectivity index (χ3v) is 8.64. The number of rotatable bonds is 7. The molecule has 34 heavy (non-hydrogen) atoms. The Kier molecular flexibility index (Phi) is 8.05. The van der Waals surface area contributed by atoms with Gasteiger partial charge in [-0.05, 0) is 42.2 Å². The molecule has 0 spiro atoms. The molecule has 3 amide bonds. The predicted octanol–water partition coefficient (Wildman–Crippen LogP) is 3.08. The first-order valence-corrected chi connectivity index (χ1v) is 13.7. The van der Waals surface area contributed by atoms with E-state index in [9.17, 15) is 18.0 Å². The zero-order chi connectivity index (χ0) is 24.0. The van der Waals surface area contributed by atoms with Gasteiger partial charge in [-0.15, -0.1) is 0 Å². The summed E-state index contributed by atoms with van der Waals surface area (Å²) < 4.78 is 27.7. The van der Waals surface area contributed by atoms with E-state index in [-0.39, 0.29) is 36.0 Å². The Hall–Kier alpha value is -2.65. The molecule has 2 aliphatic rings. The summed E-state index contributed by atoms with van der Waals surface area (Å²) in [5.74, 6) is -0.00255. The van der Waals surface area contributed by atoms with E-state index in [0.29, 0.717) is 32.5 Å². The van der Waals surface area contributed by atoms with Crippen molar-refractivity contribution in [3.63, 3.8) is 0 Å². The van der Waals surface area contributed by atoms with Crippen LogP contribution in [0.4, 0.5) is 4.79 Å². The fraction of sp³-hybridized carbons (Fsp3) is 0.520. The molecule has 2 N–H and O–H groups in total. The number of sulfonamides is 1. The van der Waals surface area contributed by atoms with E-state index in [1.54, 1.807) is 17.0 Å². The van der Waals surface area contributed by atoms with Crippen molar-refractivity contribution in [2.24, 2.45) is 0 Å². The maximum Gasteiger partial charge on any atom is 0.315 e. The molecule has 0 bridgehead atoms. The summed E-state index contributed by atoms with van der Waals surface area (Å²) in [7, 11) is -3.60. The molecule has 4 rings (SSSR count). The van der Waals surface area contributed by atoms with Gasteiger partial charge in [0.2, 0.25) is 15.9 Å². The van der Waals surface area contributed by atoms with Crippen LogP contribution in [0.3, 0.4) is 0 Å². The molecule has 1 saturated carbocycles. The first kappa shape index (κ1) is 24.5. The topological polar surface area (TPSA) is 98.8 Å². The number of nitrogens with one attached hydrogen (secondary N) is 2. The third kappa shape index (κ3) is 6.07. The van der Waals surface area contributed by atoms with Crippen LogP contribution in [0.2, 0.25) is 0 Å². The molecule has 2 aromatic rings. The van der Waals surface area contributed by atoms with Gasteiger partial charge < -0.3 is 15.5 Å². The minimum absolute atomic E-state index is 0.00255. The molecule has 9 heteroatoms. The molecule has 184 valence electrons. The van der Waals surface area contributed by atoms with Crippen molar-refractivity contribution < 1.29 is 18.0 Å². The second-order valence-electron chi connectivity index (χ2n) is 9.13. The molecular weight excluding hydrogens is 452 g/mol. The van der Waals surface area contributed by atoms with Crippen molar-refractivity contribution in [2.45, 2.75) is 55.9 Å². The van der Waals surface area contributed by atoms with Gasteiger partial charge in [0, 0.05) is 45.2 Å². The van der Waals surface area contributed by atoms with Gasteiger partial charge in [-0.25, -0.2) is 13.2 Å². The smallest absolute Gasteiger partial charge is 0.315 e. The largest absolute Gasteiger partial charge is 0.340 e. The Morgan fingerprint density at radius 3 is 2.35 bits per heavy atom. The number of amides is 3. The van der Waals surface area contributed by atoms with E-state index in [2.05, 4.69) is 10.6 Å². The number of hydrogen-bond acceptors (Lipinski definition) is 4. The quantitative estimate of drug-likeness (QED) is 0.588. The first-order valence-electron chi connectivity index (χ1n) is 12.2. The normalized spacial score (nSPS) is 18.1. The molecule has 2 aromatic carbocycles. The lowest BCUT2D eigenvalue weighted by molar-refractivity contribution is -0.132. The van der Waals surface area contributed by atoms with Crippen LogP contribution in [0, 0.1) is 0 Å². The van der Waals surface area contributed by atoms with Gasteiger partial charge in [-0.2, -0.15) is 4.31 Å². The zero-order valence-corrected chi connectivity index (χ0v) is 20.4. The van der Waals surface area contributed by atoms with Gasteiger partial charge in [-0.1, -0.05) is 49.6 Å². The highest BCUT2D eigenvalue weighted by molar-refractivity contribution is 7.89. The highest BCUT2D eigenvalue weighted by Gasteiger charge is 2.30. The van der Waals surface area contributed by atoms with Crippen molar-refractivity contribution >= 4 is 32.7 Å². The lowest BCUT2D eigenvalue weighted by Gasteiger charge is -2.34. The third-order valence-electron chi connectivity index (χ3n) is 6.74. The minimum Gasteiger partial charge on any atom is -0.340 e. The average molecular weight is 487 g/mol. The van der Waals surface area contributed by atoms with E-state index >= 15 is 0 Å². The molecule has 0 radical (unpaired) electrons. The van der Waals surface area contributed by atoms with Gasteiger partial charge in [0.1, 0.15) is 0 Å². The Bertz CT molecular complexity index is 1110. The van der Waals surface area contributed by atoms with Crippen LogP contribution in [0.25, 0.3) is 10.8 Å². The van der Waals surface area contributed by atoms with Gasteiger partial charge in [0.15, 0.2) is 0 Å². The lowest BCUT2D eigenvalue weighted by Crippen LogP contribution is -2.50. The molecule has 1 aliphatic carbocycles. The Labute approximate surface area is 201 Å². The van der Waals surface area contributed by atoms with Gasteiger partial charge in [0.25, 0.3) is 0 Å². The molecular formula is C25H34N4O4S. The lowest BCUT2D eigenvalue weighted by atomic mass is 9.96. The molecule has 0 unspecified atom stereocenters. The number of fused-ring (bicyclic) bond motifs is 1. The monoisotopic (exact) mass is 486 g/mol. The van der Waals surface area contributed by atoms with Crippen molar-refractivity contribution in [3.8, 4) is 0 Å². The molecule has 1 saturated heterocycles. The van der Waals surface area contributed by atoms with Crippen LogP contribution in [0.5, 0.6) is 0 Å². The first-order chi connectivity index (χ1) is 16.4. The molecule has 1 heterocycles. The number of urea groups is 1. The van der Waals surface area contributed by atoms with E-state index in [1.807, 2.05) is 30.3 Å². The number of nitrogens with zero attached hydrogens (tertiary/aromatic N) is 2. The van der Waals surface area contributed by atoms with E-state index in [0.717, 1.165) is 36.5 Å². The van der Waals surface area contributed by atoms with Gasteiger partial charge >= 0.3 is 6.03 Å². The maximum atomic E-state index is 13.1. The summed E-state index contributed by atoms with van der Waals surface area (Å²) >= 11 is 0. The summed E-state index contributed by atoms with van der Waals surface area (Å²) in [5.41, 5.74) is 0. The molecule has 2 fully saturated rings. The van der Waals surface area contributed by atoms with Crippen molar-refractivity contribution in [2.75, 3.05) is 32.7 Å². The average Bonchev–Trinajstić information content (AvgIpc) is 2.87. The number of carbonyl (C=O) groups excluding carboxylic acids is 2. The van der Waals surface area contributed by atoms with Crippen LogP contribution >= 0.6 is 0 Å². The maximum absolute atomic E-state index is 13.1. The van der Waals surface area contributed by atoms with Crippen LogP contribution < -0.4 is 10.6 Å². The number of piperazine rings is 1. The van der Waals surface area contributed by atoms with Crippen LogP contribution in [-0.4, -0.2) is 68.3 Å². The number of hydrogen-bond donors (Lipinski definition) is 2. The van der Waals surface area contributed by atoms with Crippen molar-refractivity contribution in [3.05, 3.63) is 42.5 Å². The van der Waals surface area contributed by atoms with Crippen molar-refractivity contribution in [1.29, 1.82) is 0 Å². The summed E-state index contributed by atoms with van der Waals surface area (Å²) in [4.78, 5) is 26.6. The standard InChI is InChI=1S/C25H34N4O4S/c30-24(11-6-14-26-25(31)27-22-9-2-1-3-10-22)28-15-17-29(18-16-28)34(32,33)23-13-12-20-7-4-5-8-21(20)19-23/h4-5,7-8,12-13,19,22H,1-3,6,9-11,14-18H2,(H2,26,27,31). The van der Waals surface area contributed by atoms with Crippen LogP contribution in [-0.2, 0) is 14.8 Å². The van der Waals surface area contributed by atoms with E-state index < -0.39 is 10.0 Å². The highest BCUT2D eigenvalue weighted by Crippen LogP contribution is 2.23. The second kappa shape index (κ2) is 11.2. The number of benzene rings is 2. The number of carbonyl (C=O) groups is 2. The fourth-order valence-corrected chi connectivity index (χ4v) is 6.20. The minimum atomic E-state index is -3.60. The van der Waals surface area contributed by atoms with E-state index in [4.69, 9.17) is 0 Å². The van der Waals surface area contributed by atoms with Gasteiger partial charge in [0.05, 0.1) is 4.90 Å². The molecule has 1 aliphatic heterocycles. The van der Waals surface area contributed by atoms with Crippen molar-refractivity contribution in [1.82, 2.24) is 19.8 Å². The SMILES string of the molecule is O=C(NCCCC(=O)N1CCN(S(=O)(=O)c2ccc3ccccc3c2)CC1)NC1CCCCC1. The Morgan fingerprint density at radius 1 is 0.912 bits per heavy atom. The summed E-state index contributed by atoms with van der Waals surface area (Å²) in [5, 5.41) is 7.73. The van der Waals surface area contributed by atoms with E-state index in [1.165, 1.54) is 10.7 Å². The summed E-state index contributed by atoms with van der Waals surface area (Å²) in [6, 6.07) is 13.0. The zero-order valence-electron chi connectivity index (χ0n) is 19.5. The van der Waals surface area contributed by atoms with Crippen LogP contribution in [0.15, 0.2) is 47.4 Å². The Balaban J connectivity index is 1.20. The van der Waals surface area contributed by atoms with Crippen LogP contribution in [0.1, 0.15) is 44.9 Å². The fourth-order valence-electron chi connectivity index (χ4n) is 4.74. The molecule has 8 nitrogen and oxygen atoms in total. The molecule has 0 atom stereocenters.